The first-order valence-electron chi connectivity index (χ1n) is 7.92. The molecule has 3 rings (SSSR count). The van der Waals surface area contributed by atoms with Gasteiger partial charge < -0.3 is 0 Å². The zero-order valence-electron chi connectivity index (χ0n) is 14.9. The zero-order chi connectivity index (χ0) is 21.7. The van der Waals surface area contributed by atoms with E-state index in [2.05, 4.69) is 5.10 Å². The Labute approximate surface area is 161 Å². The minimum absolute atomic E-state index is 0.0161. The number of nitrogens with zero attached hydrogens (tertiary/aromatic N) is 2. The fraction of sp³-hybridized carbons (Fsp3) is 0.167. The third-order valence-corrected chi connectivity index (χ3v) is 5.18. The van der Waals surface area contributed by atoms with Crippen LogP contribution in [0.4, 0.5) is 26.3 Å². The summed E-state index contributed by atoms with van der Waals surface area (Å²) in [4.78, 5) is -1.19. The van der Waals surface area contributed by atoms with Crippen molar-refractivity contribution in [1.29, 1.82) is 0 Å². The summed E-state index contributed by atoms with van der Waals surface area (Å²) in [7, 11) is -4.25. The van der Waals surface area contributed by atoms with Crippen LogP contribution in [-0.2, 0) is 16.0 Å². The van der Waals surface area contributed by atoms with Crippen LogP contribution in [0.25, 0.3) is 16.9 Å². The number of rotatable bonds is 3. The summed E-state index contributed by atoms with van der Waals surface area (Å²) in [6.07, 6.45) is -4.26. The maximum absolute atomic E-state index is 14.3. The molecule has 0 aliphatic rings. The number of halogens is 6. The van der Waals surface area contributed by atoms with E-state index in [1.807, 2.05) is 0 Å². The van der Waals surface area contributed by atoms with Crippen LogP contribution in [-0.4, -0.2) is 24.5 Å². The maximum Gasteiger partial charge on any atom is 0.435 e. The predicted molar refractivity (Wildman–Crippen MR) is 91.7 cm³/mol. The molecule has 0 amide bonds. The van der Waals surface area contributed by atoms with Crippen LogP contribution in [0.3, 0.4) is 0 Å². The Kier molecular flexibility index (Phi) is 4.98. The monoisotopic (exact) mass is 434 g/mol. The number of aromatic nitrogens is 2. The van der Waals surface area contributed by atoms with Gasteiger partial charge in [-0.15, -0.1) is 0 Å². The van der Waals surface area contributed by atoms with Crippen molar-refractivity contribution >= 4 is 9.84 Å². The predicted octanol–water partition coefficient (Wildman–Crippen LogP) is 4.69. The lowest BCUT2D eigenvalue weighted by atomic mass is 10.1. The molecule has 0 bridgehead atoms. The van der Waals surface area contributed by atoms with Crippen molar-refractivity contribution in [3.05, 3.63) is 65.1 Å². The molecule has 0 aliphatic heterocycles. The van der Waals surface area contributed by atoms with E-state index in [1.165, 1.54) is 13.0 Å². The molecule has 11 heteroatoms. The van der Waals surface area contributed by atoms with Crippen LogP contribution in [0, 0.1) is 24.4 Å². The molecule has 1 heterocycles. The fourth-order valence-electron chi connectivity index (χ4n) is 2.74. The van der Waals surface area contributed by atoms with Crippen LogP contribution < -0.4 is 0 Å². The van der Waals surface area contributed by atoms with Gasteiger partial charge in [0.05, 0.1) is 11.4 Å². The van der Waals surface area contributed by atoms with E-state index in [9.17, 15) is 34.8 Å². The van der Waals surface area contributed by atoms with Crippen molar-refractivity contribution < 1.29 is 34.8 Å². The summed E-state index contributed by atoms with van der Waals surface area (Å²) < 4.78 is 105. The van der Waals surface area contributed by atoms with Gasteiger partial charge in [0, 0.05) is 11.8 Å². The standard InChI is InChI=1S/C18H12F6N2O2S/c1-9-5-11(3-4-12(9)19)26-15(8-16(25-26)18(22,23)24)10-6-13(20)17(14(21)7-10)29(2,27)28/h3-8H,1-2H3. The summed E-state index contributed by atoms with van der Waals surface area (Å²) in [5.74, 6) is -3.52. The molecular weight excluding hydrogens is 422 g/mol. The molecule has 29 heavy (non-hydrogen) atoms. The molecule has 154 valence electrons. The Hall–Kier alpha value is -2.82. The highest BCUT2D eigenvalue weighted by atomic mass is 32.2. The summed E-state index contributed by atoms with van der Waals surface area (Å²) in [6.45, 7) is 1.38. The van der Waals surface area contributed by atoms with Gasteiger partial charge in [-0.25, -0.2) is 26.3 Å². The van der Waals surface area contributed by atoms with Crippen molar-refractivity contribution in [3.8, 4) is 16.9 Å². The van der Waals surface area contributed by atoms with E-state index in [0.29, 0.717) is 24.5 Å². The number of sulfone groups is 1. The van der Waals surface area contributed by atoms with Crippen LogP contribution in [0.1, 0.15) is 11.3 Å². The van der Waals surface area contributed by atoms with Crippen molar-refractivity contribution in [2.24, 2.45) is 0 Å². The fourth-order valence-corrected chi connectivity index (χ4v) is 3.57. The van der Waals surface area contributed by atoms with Crippen molar-refractivity contribution in [2.45, 2.75) is 18.0 Å². The van der Waals surface area contributed by atoms with Gasteiger partial charge in [0.2, 0.25) is 0 Å². The number of alkyl halides is 3. The quantitative estimate of drug-likeness (QED) is 0.563. The molecule has 4 nitrogen and oxygen atoms in total. The SMILES string of the molecule is Cc1cc(-n2nc(C(F)(F)F)cc2-c2cc(F)c(S(C)(=O)=O)c(F)c2)ccc1F. The summed E-state index contributed by atoms with van der Waals surface area (Å²) in [5, 5.41) is 3.44. The molecule has 0 saturated heterocycles. The molecule has 0 atom stereocenters. The van der Waals surface area contributed by atoms with E-state index in [-0.39, 0.29) is 22.5 Å². The Bertz CT molecular complexity index is 1190. The highest BCUT2D eigenvalue weighted by molar-refractivity contribution is 7.90. The van der Waals surface area contributed by atoms with Crippen LogP contribution in [0.15, 0.2) is 41.3 Å². The van der Waals surface area contributed by atoms with E-state index < -0.39 is 44.1 Å². The Morgan fingerprint density at radius 3 is 2.00 bits per heavy atom. The Balaban J connectivity index is 2.29. The van der Waals surface area contributed by atoms with E-state index in [0.717, 1.165) is 16.8 Å². The highest BCUT2D eigenvalue weighted by Crippen LogP contribution is 2.35. The second-order valence-corrected chi connectivity index (χ2v) is 8.25. The number of aryl methyl sites for hydroxylation is 1. The van der Waals surface area contributed by atoms with E-state index in [4.69, 9.17) is 0 Å². The summed E-state index contributed by atoms with van der Waals surface area (Å²) >= 11 is 0. The minimum Gasteiger partial charge on any atom is -0.232 e. The summed E-state index contributed by atoms with van der Waals surface area (Å²) in [6, 6.07) is 5.14. The normalized spacial score (nSPS) is 12.4. The van der Waals surface area contributed by atoms with Gasteiger partial charge in [-0.3, -0.25) is 0 Å². The second-order valence-electron chi connectivity index (χ2n) is 6.30. The first kappa shape index (κ1) is 20.9. The molecule has 2 aromatic carbocycles. The molecule has 0 aliphatic carbocycles. The molecule has 1 aromatic heterocycles. The van der Waals surface area contributed by atoms with Crippen molar-refractivity contribution in [1.82, 2.24) is 9.78 Å². The number of hydrogen-bond acceptors (Lipinski definition) is 3. The Morgan fingerprint density at radius 1 is 0.931 bits per heavy atom. The lowest BCUT2D eigenvalue weighted by Crippen LogP contribution is -2.08. The molecular formula is C18H12F6N2O2S. The molecule has 0 spiro atoms. The third kappa shape index (κ3) is 4.00. The average Bonchev–Trinajstić information content (AvgIpc) is 3.01. The molecule has 3 aromatic rings. The zero-order valence-corrected chi connectivity index (χ0v) is 15.7. The summed E-state index contributed by atoms with van der Waals surface area (Å²) in [5.41, 5.74) is -1.95. The molecule has 0 saturated carbocycles. The molecule has 0 N–H and O–H groups in total. The Morgan fingerprint density at radius 2 is 1.52 bits per heavy atom. The molecule has 0 unspecified atom stereocenters. The lowest BCUT2D eigenvalue weighted by molar-refractivity contribution is -0.141. The van der Waals surface area contributed by atoms with Crippen LogP contribution in [0.5, 0.6) is 0 Å². The first-order chi connectivity index (χ1) is 13.3. The largest absolute Gasteiger partial charge is 0.435 e. The van der Waals surface area contributed by atoms with Crippen molar-refractivity contribution in [2.75, 3.05) is 6.26 Å². The molecule has 0 radical (unpaired) electrons. The van der Waals surface area contributed by atoms with E-state index >= 15 is 0 Å². The maximum atomic E-state index is 14.3. The second kappa shape index (κ2) is 6.90. The van der Waals surface area contributed by atoms with Gasteiger partial charge in [0.1, 0.15) is 22.3 Å². The third-order valence-electron chi connectivity index (χ3n) is 4.05. The lowest BCUT2D eigenvalue weighted by Gasteiger charge is -2.11. The molecule has 0 fully saturated rings. The van der Waals surface area contributed by atoms with Gasteiger partial charge in [-0.05, 0) is 48.9 Å². The highest BCUT2D eigenvalue weighted by Gasteiger charge is 2.35. The topological polar surface area (TPSA) is 52.0 Å². The van der Waals surface area contributed by atoms with Gasteiger partial charge in [0.25, 0.3) is 0 Å². The van der Waals surface area contributed by atoms with Gasteiger partial charge in [-0.2, -0.15) is 18.3 Å². The first-order valence-corrected chi connectivity index (χ1v) is 9.81. The van der Waals surface area contributed by atoms with Crippen LogP contribution >= 0.6 is 0 Å². The number of benzene rings is 2. The van der Waals surface area contributed by atoms with Gasteiger partial charge in [0.15, 0.2) is 15.5 Å². The minimum atomic E-state index is -4.86. The van der Waals surface area contributed by atoms with Gasteiger partial charge >= 0.3 is 6.18 Å². The number of hydrogen-bond donors (Lipinski definition) is 0. The van der Waals surface area contributed by atoms with Crippen molar-refractivity contribution in [3.63, 3.8) is 0 Å². The average molecular weight is 434 g/mol. The van der Waals surface area contributed by atoms with Crippen LogP contribution in [0.2, 0.25) is 0 Å². The van der Waals surface area contributed by atoms with Gasteiger partial charge in [-0.1, -0.05) is 0 Å². The van der Waals surface area contributed by atoms with E-state index in [1.54, 1.807) is 0 Å². The smallest absolute Gasteiger partial charge is 0.232 e.